The Labute approximate surface area is 186 Å². The normalized spacial score (nSPS) is 13.9. The Kier molecular flexibility index (Phi) is 8.59. The van der Waals surface area contributed by atoms with Crippen molar-refractivity contribution in [2.24, 2.45) is 0 Å². The van der Waals surface area contributed by atoms with Crippen molar-refractivity contribution in [3.8, 4) is 0 Å². The quantitative estimate of drug-likeness (QED) is 0.362. The lowest BCUT2D eigenvalue weighted by molar-refractivity contribution is -0.170. The van der Waals surface area contributed by atoms with Crippen molar-refractivity contribution in [3.05, 3.63) is 71.8 Å². The number of carbonyl (C=O) groups is 2. The first-order valence-electron chi connectivity index (χ1n) is 10.6. The van der Waals surface area contributed by atoms with Crippen molar-refractivity contribution in [1.29, 1.82) is 0 Å². The molecule has 0 aliphatic heterocycles. The highest BCUT2D eigenvalue weighted by Gasteiger charge is 2.39. The van der Waals surface area contributed by atoms with Crippen LogP contribution >= 0.6 is 0 Å². The minimum atomic E-state index is -2.01. The van der Waals surface area contributed by atoms with E-state index in [4.69, 9.17) is 13.9 Å². The summed E-state index contributed by atoms with van der Waals surface area (Å²) in [6, 6.07) is 18.3. The number of hydrogen-bond acceptors (Lipinski definition) is 5. The number of rotatable bonds is 9. The van der Waals surface area contributed by atoms with Crippen LogP contribution in [0.5, 0.6) is 0 Å². The largest absolute Gasteiger partial charge is 0.458 e. The van der Waals surface area contributed by atoms with E-state index in [0.29, 0.717) is 5.56 Å². The Hall–Kier alpha value is -2.44. The Morgan fingerprint density at radius 2 is 1.48 bits per heavy atom. The van der Waals surface area contributed by atoms with Crippen LogP contribution in [0.1, 0.15) is 51.3 Å². The molecule has 0 aliphatic carbocycles. The van der Waals surface area contributed by atoms with Gasteiger partial charge in [0, 0.05) is 5.56 Å². The van der Waals surface area contributed by atoms with Gasteiger partial charge in [-0.3, -0.25) is 4.79 Å². The molecule has 5 nitrogen and oxygen atoms in total. The molecule has 2 aromatic carbocycles. The Balaban J connectivity index is 2.04. The monoisotopic (exact) mass is 442 g/mol. The predicted octanol–water partition coefficient (Wildman–Crippen LogP) is 5.81. The molecule has 0 saturated heterocycles. The molecule has 0 radical (unpaired) electrons. The zero-order valence-corrected chi connectivity index (χ0v) is 20.4. The molecule has 0 saturated carbocycles. The molecule has 0 aromatic heterocycles. The highest BCUT2D eigenvalue weighted by molar-refractivity contribution is 6.74. The van der Waals surface area contributed by atoms with Crippen molar-refractivity contribution in [3.63, 3.8) is 0 Å². The highest BCUT2D eigenvalue weighted by atomic mass is 28.4. The maximum absolute atomic E-state index is 12.8. The number of esters is 2. The van der Waals surface area contributed by atoms with E-state index in [2.05, 4.69) is 33.9 Å². The van der Waals surface area contributed by atoms with Gasteiger partial charge in [0.15, 0.2) is 8.32 Å². The number of hydrogen-bond donors (Lipinski definition) is 0. The molecule has 0 bridgehead atoms. The van der Waals surface area contributed by atoms with Gasteiger partial charge >= 0.3 is 11.9 Å². The van der Waals surface area contributed by atoms with Gasteiger partial charge in [-0.25, -0.2) is 4.79 Å². The average Bonchev–Trinajstić information content (AvgIpc) is 2.70. The fraction of sp³-hybridized carbons (Fsp3) is 0.440. The minimum absolute atomic E-state index is 0.0407. The summed E-state index contributed by atoms with van der Waals surface area (Å²) >= 11 is 0. The second kappa shape index (κ2) is 10.7. The molecule has 0 spiro atoms. The summed E-state index contributed by atoms with van der Waals surface area (Å²) in [6.45, 7) is 12.7. The van der Waals surface area contributed by atoms with Crippen LogP contribution < -0.4 is 0 Å². The maximum Gasteiger partial charge on any atom is 0.352 e. The molecule has 6 heteroatoms. The number of carbonyl (C=O) groups excluding carboxylic acids is 2. The van der Waals surface area contributed by atoms with Crippen LogP contribution in [0.3, 0.4) is 0 Å². The summed E-state index contributed by atoms with van der Waals surface area (Å²) in [6.07, 6.45) is -1.34. The van der Waals surface area contributed by atoms with Crippen LogP contribution in [0.15, 0.2) is 60.7 Å². The van der Waals surface area contributed by atoms with Crippen LogP contribution in [0, 0.1) is 0 Å². The summed E-state index contributed by atoms with van der Waals surface area (Å²) in [5.74, 6) is -1.09. The van der Waals surface area contributed by atoms with E-state index in [1.54, 1.807) is 24.3 Å². The summed E-state index contributed by atoms with van der Waals surface area (Å²) in [4.78, 5) is 25.4. The highest BCUT2D eigenvalue weighted by Crippen LogP contribution is 2.37. The van der Waals surface area contributed by atoms with Crippen LogP contribution in [0.2, 0.25) is 18.1 Å². The molecule has 0 amide bonds. The molecule has 168 valence electrons. The van der Waals surface area contributed by atoms with Gasteiger partial charge in [-0.05, 0) is 30.6 Å². The summed E-state index contributed by atoms with van der Waals surface area (Å²) < 4.78 is 17.3. The molecule has 2 atom stereocenters. The predicted molar refractivity (Wildman–Crippen MR) is 124 cm³/mol. The van der Waals surface area contributed by atoms with Gasteiger partial charge in [-0.15, -0.1) is 0 Å². The fourth-order valence-corrected chi connectivity index (χ4v) is 4.26. The lowest BCUT2D eigenvalue weighted by Crippen LogP contribution is -2.43. The molecular formula is C25H34O5Si. The smallest absolute Gasteiger partial charge is 0.352 e. The first kappa shape index (κ1) is 24.8. The summed E-state index contributed by atoms with van der Waals surface area (Å²) in [7, 11) is -2.01. The van der Waals surface area contributed by atoms with Crippen molar-refractivity contribution >= 4 is 20.3 Å². The molecule has 2 rings (SSSR count). The van der Waals surface area contributed by atoms with Crippen LogP contribution in [-0.2, 0) is 30.1 Å². The first-order valence-corrected chi connectivity index (χ1v) is 13.5. The fourth-order valence-electron chi connectivity index (χ4n) is 2.82. The topological polar surface area (TPSA) is 61.8 Å². The summed E-state index contributed by atoms with van der Waals surface area (Å²) in [5.41, 5.74) is 1.44. The van der Waals surface area contributed by atoms with Gasteiger partial charge < -0.3 is 13.9 Å². The SMILES string of the molecule is C[C@H](CC(=O)O[C@@H](C(=O)OCc1ccccc1)c1ccccc1)O[Si](C)(C)C(C)(C)C. The van der Waals surface area contributed by atoms with E-state index < -0.39 is 26.4 Å². The zero-order valence-electron chi connectivity index (χ0n) is 19.4. The van der Waals surface area contributed by atoms with Gasteiger partial charge in [-0.1, -0.05) is 81.4 Å². The third-order valence-corrected chi connectivity index (χ3v) is 10.1. The van der Waals surface area contributed by atoms with E-state index in [-0.39, 0.29) is 24.2 Å². The average molecular weight is 443 g/mol. The van der Waals surface area contributed by atoms with E-state index in [0.717, 1.165) is 5.56 Å². The standard InChI is InChI=1S/C25H34O5Si/c1-19(30-31(5,6)25(2,3)4)17-22(26)29-23(21-15-11-8-12-16-21)24(27)28-18-20-13-9-7-10-14-20/h7-16,19,23H,17-18H2,1-6H3/t19-,23-/m1/s1. The Bertz CT molecular complexity index is 843. The van der Waals surface area contributed by atoms with Crippen LogP contribution in [0.4, 0.5) is 0 Å². The third kappa shape index (κ3) is 7.63. The molecule has 0 heterocycles. The van der Waals surface area contributed by atoms with Crippen molar-refractivity contribution in [2.45, 2.75) is 71.1 Å². The van der Waals surface area contributed by atoms with Gasteiger partial charge in [0.1, 0.15) is 6.61 Å². The summed E-state index contributed by atoms with van der Waals surface area (Å²) in [5, 5.41) is 0.0407. The lowest BCUT2D eigenvalue weighted by Gasteiger charge is -2.38. The number of ether oxygens (including phenoxy) is 2. The zero-order chi connectivity index (χ0) is 23.1. The number of benzene rings is 2. The van der Waals surface area contributed by atoms with Crippen molar-refractivity contribution < 1.29 is 23.5 Å². The van der Waals surface area contributed by atoms with Gasteiger partial charge in [0.25, 0.3) is 0 Å². The first-order chi connectivity index (χ1) is 14.5. The second-order valence-electron chi connectivity index (χ2n) is 9.27. The molecule has 0 unspecified atom stereocenters. The Morgan fingerprint density at radius 1 is 0.935 bits per heavy atom. The van der Waals surface area contributed by atoms with E-state index >= 15 is 0 Å². The van der Waals surface area contributed by atoms with Crippen molar-refractivity contribution in [2.75, 3.05) is 0 Å². The maximum atomic E-state index is 12.8. The third-order valence-electron chi connectivity index (χ3n) is 5.55. The second-order valence-corrected chi connectivity index (χ2v) is 14.0. The van der Waals surface area contributed by atoms with Gasteiger partial charge in [0.05, 0.1) is 12.5 Å². The Morgan fingerprint density at radius 3 is 2.03 bits per heavy atom. The molecule has 0 N–H and O–H groups in total. The lowest BCUT2D eigenvalue weighted by atomic mass is 10.1. The van der Waals surface area contributed by atoms with E-state index in [1.165, 1.54) is 0 Å². The van der Waals surface area contributed by atoms with Crippen LogP contribution in [0.25, 0.3) is 0 Å². The molecule has 0 fully saturated rings. The minimum Gasteiger partial charge on any atom is -0.458 e. The molecule has 0 aliphatic rings. The molecule has 2 aromatic rings. The van der Waals surface area contributed by atoms with Gasteiger partial charge in [-0.2, -0.15) is 0 Å². The van der Waals surface area contributed by atoms with Crippen LogP contribution in [-0.4, -0.2) is 26.4 Å². The van der Waals surface area contributed by atoms with Gasteiger partial charge in [0.2, 0.25) is 6.10 Å². The molecular weight excluding hydrogens is 408 g/mol. The van der Waals surface area contributed by atoms with E-state index in [1.807, 2.05) is 43.3 Å². The van der Waals surface area contributed by atoms with Crippen molar-refractivity contribution in [1.82, 2.24) is 0 Å². The van der Waals surface area contributed by atoms with E-state index in [9.17, 15) is 9.59 Å². The molecule has 31 heavy (non-hydrogen) atoms.